The molecule has 1 amide bonds. The highest BCUT2D eigenvalue weighted by Gasteiger charge is 2.36. The van der Waals surface area contributed by atoms with Crippen molar-refractivity contribution < 1.29 is 19.4 Å². The van der Waals surface area contributed by atoms with Gasteiger partial charge in [0, 0.05) is 38.1 Å². The van der Waals surface area contributed by atoms with Crippen LogP contribution in [0.15, 0.2) is 24.3 Å². The van der Waals surface area contributed by atoms with Gasteiger partial charge in [-0.3, -0.25) is 4.79 Å². The second-order valence-electron chi connectivity index (χ2n) is 15.6. The summed E-state index contributed by atoms with van der Waals surface area (Å²) >= 11 is 0. The molecule has 300 valence electrons. The Morgan fingerprint density at radius 3 is 1.22 bits per heavy atom. The summed E-state index contributed by atoms with van der Waals surface area (Å²) in [6.45, 7) is 8.40. The largest absolute Gasteiger partial charge is 0.394 e. The number of amides is 1. The van der Waals surface area contributed by atoms with Crippen molar-refractivity contribution in [2.75, 3.05) is 46.1 Å². The predicted octanol–water partition coefficient (Wildman–Crippen LogP) is 11.5. The normalized spacial score (nSPS) is 17.1. The number of hydrogen-bond acceptors (Lipinski definition) is 5. The van der Waals surface area contributed by atoms with Crippen LogP contribution in [0.5, 0.6) is 0 Å². The molecule has 0 aliphatic carbocycles. The predicted molar refractivity (Wildman–Crippen MR) is 219 cm³/mol. The number of nitrogens with zero attached hydrogens (tertiary/aromatic N) is 1. The van der Waals surface area contributed by atoms with Gasteiger partial charge in [-0.25, -0.2) is 0 Å². The number of aliphatic hydroxyl groups excluding tert-OH is 1. The standard InChI is InChI=1S/C45H86N2O4/c1-3-5-7-9-11-13-15-17-19-21-23-25-27-29-31-33-35-50-40-42-37-47(45(49)44(46)39-48)38-43(42)41-51-36-34-32-30-28-26-24-22-20-18-16-14-12-10-8-6-4-2/h17-20,42-44,48H,3-16,21-41,46H2,1-2H3/b19-17-,20-18-/t42-,43-,44-/m0/s1. The number of carbonyl (C=O) groups is 1. The van der Waals surface area contributed by atoms with Gasteiger partial charge in [0.15, 0.2) is 0 Å². The quantitative estimate of drug-likeness (QED) is 0.0490. The molecular weight excluding hydrogens is 633 g/mol. The van der Waals surface area contributed by atoms with Crippen LogP contribution in [0.2, 0.25) is 0 Å². The van der Waals surface area contributed by atoms with Crippen molar-refractivity contribution in [2.45, 2.75) is 200 Å². The summed E-state index contributed by atoms with van der Waals surface area (Å²) < 4.78 is 12.3. The van der Waals surface area contributed by atoms with Crippen molar-refractivity contribution in [3.05, 3.63) is 24.3 Å². The van der Waals surface area contributed by atoms with Gasteiger partial charge in [0.25, 0.3) is 0 Å². The lowest BCUT2D eigenvalue weighted by Gasteiger charge is -2.19. The SMILES string of the molecule is CCCCCCCC/C=C\CCCCCCCCOC[C@@H]1CN(C(=O)[C@@H](N)CO)C[C@H]1COCCCCCCCC/C=C\CCCCCCCC. The zero-order valence-electron chi connectivity index (χ0n) is 34.0. The first-order chi connectivity index (χ1) is 25.1. The van der Waals surface area contributed by atoms with E-state index in [2.05, 4.69) is 38.2 Å². The third-order valence-electron chi connectivity index (χ3n) is 10.7. The number of ether oxygens (including phenoxy) is 2. The van der Waals surface area contributed by atoms with Crippen LogP contribution < -0.4 is 5.73 Å². The number of allylic oxidation sites excluding steroid dienone is 4. The first-order valence-electron chi connectivity index (χ1n) is 22.2. The Morgan fingerprint density at radius 2 is 0.882 bits per heavy atom. The van der Waals surface area contributed by atoms with Gasteiger partial charge in [0.05, 0.1) is 19.8 Å². The summed E-state index contributed by atoms with van der Waals surface area (Å²) in [5.41, 5.74) is 5.87. The van der Waals surface area contributed by atoms with Crippen molar-refractivity contribution in [1.82, 2.24) is 4.90 Å². The summed E-state index contributed by atoms with van der Waals surface area (Å²) in [6, 6.07) is -0.839. The van der Waals surface area contributed by atoms with Crippen LogP contribution in [-0.4, -0.2) is 68.1 Å². The Hall–Kier alpha value is -1.21. The third-order valence-corrected chi connectivity index (χ3v) is 10.7. The van der Waals surface area contributed by atoms with Gasteiger partial charge in [-0.1, -0.05) is 154 Å². The summed E-state index contributed by atoms with van der Waals surface area (Å²) in [4.78, 5) is 14.5. The molecule has 1 aliphatic rings. The highest BCUT2D eigenvalue weighted by Crippen LogP contribution is 2.25. The minimum absolute atomic E-state index is 0.161. The number of carbonyl (C=O) groups excluding carboxylic acids is 1. The molecule has 0 aromatic rings. The molecule has 0 spiro atoms. The van der Waals surface area contributed by atoms with Crippen LogP contribution in [0.1, 0.15) is 194 Å². The van der Waals surface area contributed by atoms with Crippen molar-refractivity contribution >= 4 is 5.91 Å². The number of rotatable bonds is 38. The Balaban J connectivity index is 2.09. The Morgan fingerprint density at radius 1 is 0.569 bits per heavy atom. The van der Waals surface area contributed by atoms with E-state index in [1.807, 2.05) is 4.90 Å². The van der Waals surface area contributed by atoms with E-state index in [1.165, 1.54) is 167 Å². The molecule has 0 bridgehead atoms. The molecule has 1 saturated heterocycles. The summed E-state index contributed by atoms with van der Waals surface area (Å²) in [5, 5.41) is 9.41. The number of unbranched alkanes of at least 4 members (excludes halogenated alkanes) is 24. The van der Waals surface area contributed by atoms with Crippen LogP contribution in [0.3, 0.4) is 0 Å². The fourth-order valence-corrected chi connectivity index (χ4v) is 7.18. The first kappa shape index (κ1) is 47.8. The highest BCUT2D eigenvalue weighted by atomic mass is 16.5. The Kier molecular flexibility index (Phi) is 34.8. The lowest BCUT2D eigenvalue weighted by Crippen LogP contribution is -2.45. The van der Waals surface area contributed by atoms with Gasteiger partial charge in [-0.2, -0.15) is 0 Å². The fourth-order valence-electron chi connectivity index (χ4n) is 7.18. The van der Waals surface area contributed by atoms with Crippen molar-refractivity contribution in [1.29, 1.82) is 0 Å². The number of aliphatic hydroxyl groups is 1. The van der Waals surface area contributed by atoms with Crippen LogP contribution in [0, 0.1) is 11.8 Å². The minimum atomic E-state index is -0.839. The van der Waals surface area contributed by atoms with E-state index in [0.717, 1.165) is 26.1 Å². The zero-order chi connectivity index (χ0) is 36.9. The zero-order valence-corrected chi connectivity index (χ0v) is 34.0. The van der Waals surface area contributed by atoms with Crippen LogP contribution >= 0.6 is 0 Å². The van der Waals surface area contributed by atoms with Gasteiger partial charge in [-0.15, -0.1) is 0 Å². The van der Waals surface area contributed by atoms with Gasteiger partial charge in [0.2, 0.25) is 5.91 Å². The molecule has 1 heterocycles. The molecule has 0 saturated carbocycles. The first-order valence-corrected chi connectivity index (χ1v) is 22.2. The van der Waals surface area contributed by atoms with Gasteiger partial charge in [-0.05, 0) is 64.2 Å². The molecule has 0 aromatic carbocycles. The Bertz CT molecular complexity index is 749. The van der Waals surface area contributed by atoms with E-state index in [0.29, 0.717) is 26.3 Å². The lowest BCUT2D eigenvalue weighted by molar-refractivity contribution is -0.132. The highest BCUT2D eigenvalue weighted by molar-refractivity contribution is 5.82. The Labute approximate surface area is 317 Å². The van der Waals surface area contributed by atoms with Gasteiger partial charge >= 0.3 is 0 Å². The van der Waals surface area contributed by atoms with E-state index in [1.54, 1.807) is 0 Å². The van der Waals surface area contributed by atoms with Crippen LogP contribution in [0.25, 0.3) is 0 Å². The van der Waals surface area contributed by atoms with E-state index in [9.17, 15) is 9.90 Å². The molecule has 6 nitrogen and oxygen atoms in total. The number of likely N-dealkylation sites (tertiary alicyclic amines) is 1. The van der Waals surface area contributed by atoms with Crippen molar-refractivity contribution in [2.24, 2.45) is 17.6 Å². The molecule has 3 atom stereocenters. The number of nitrogens with two attached hydrogens (primary N) is 1. The molecular formula is C45H86N2O4. The van der Waals surface area contributed by atoms with E-state index in [-0.39, 0.29) is 24.3 Å². The molecule has 1 rings (SSSR count). The smallest absolute Gasteiger partial charge is 0.241 e. The second kappa shape index (κ2) is 37.1. The molecule has 6 heteroatoms. The second-order valence-corrected chi connectivity index (χ2v) is 15.6. The summed E-state index contributed by atoms with van der Waals surface area (Å²) in [5.74, 6) is 0.356. The van der Waals surface area contributed by atoms with E-state index in [4.69, 9.17) is 15.2 Å². The average molecular weight is 719 g/mol. The van der Waals surface area contributed by atoms with E-state index < -0.39 is 6.04 Å². The molecule has 3 N–H and O–H groups in total. The van der Waals surface area contributed by atoms with Crippen LogP contribution in [0.4, 0.5) is 0 Å². The molecule has 51 heavy (non-hydrogen) atoms. The van der Waals surface area contributed by atoms with Gasteiger partial charge < -0.3 is 25.2 Å². The maximum Gasteiger partial charge on any atom is 0.241 e. The average Bonchev–Trinajstić information content (AvgIpc) is 3.55. The number of hydrogen-bond donors (Lipinski definition) is 2. The summed E-state index contributed by atoms with van der Waals surface area (Å²) in [6.07, 6.45) is 46.2. The summed E-state index contributed by atoms with van der Waals surface area (Å²) in [7, 11) is 0. The monoisotopic (exact) mass is 719 g/mol. The van der Waals surface area contributed by atoms with Gasteiger partial charge in [0.1, 0.15) is 6.04 Å². The third kappa shape index (κ3) is 28.9. The maximum atomic E-state index is 12.7. The molecule has 1 aliphatic heterocycles. The van der Waals surface area contributed by atoms with Crippen molar-refractivity contribution in [3.63, 3.8) is 0 Å². The maximum absolute atomic E-state index is 12.7. The lowest BCUT2D eigenvalue weighted by atomic mass is 9.98. The molecule has 0 unspecified atom stereocenters. The molecule has 0 radical (unpaired) electrons. The molecule has 0 aromatic heterocycles. The topological polar surface area (TPSA) is 85.0 Å². The molecule has 1 fully saturated rings. The van der Waals surface area contributed by atoms with E-state index >= 15 is 0 Å². The minimum Gasteiger partial charge on any atom is -0.394 e. The fraction of sp³-hybridized carbons (Fsp3) is 0.889. The van der Waals surface area contributed by atoms with Crippen molar-refractivity contribution in [3.8, 4) is 0 Å². The van der Waals surface area contributed by atoms with Crippen LogP contribution in [-0.2, 0) is 14.3 Å².